The molecule has 0 unspecified atom stereocenters. The lowest BCUT2D eigenvalue weighted by atomic mass is 10.2. The van der Waals surface area contributed by atoms with Crippen LogP contribution in [0.15, 0.2) is 18.3 Å². The van der Waals surface area contributed by atoms with Gasteiger partial charge in [-0.15, -0.1) is 0 Å². The number of carbonyl (C=O) groups excluding carboxylic acids is 3. The smallest absolute Gasteiger partial charge is 0.410 e. The van der Waals surface area contributed by atoms with Crippen LogP contribution in [-0.4, -0.2) is 64.4 Å². The van der Waals surface area contributed by atoms with Crippen LogP contribution in [0.1, 0.15) is 37.7 Å². The lowest BCUT2D eigenvalue weighted by Gasteiger charge is -2.35. The Morgan fingerprint density at radius 3 is 2.38 bits per heavy atom. The van der Waals surface area contributed by atoms with E-state index in [4.69, 9.17) is 4.74 Å². The first-order valence-corrected chi connectivity index (χ1v) is 8.16. The summed E-state index contributed by atoms with van der Waals surface area (Å²) in [5.74, 6) is 0.0318. The van der Waals surface area contributed by atoms with Crippen molar-refractivity contribution in [3.05, 3.63) is 24.0 Å². The summed E-state index contributed by atoms with van der Waals surface area (Å²) in [5.41, 5.74) is 0.0504. The summed E-state index contributed by atoms with van der Waals surface area (Å²) in [5, 5.41) is 0. The van der Waals surface area contributed by atoms with Crippen molar-refractivity contribution in [2.24, 2.45) is 0 Å². The van der Waals surface area contributed by atoms with Crippen LogP contribution in [0.2, 0.25) is 0 Å². The minimum atomic E-state index is -0.517. The summed E-state index contributed by atoms with van der Waals surface area (Å²) in [6, 6.07) is 3.50. The van der Waals surface area contributed by atoms with Crippen LogP contribution >= 0.6 is 0 Å². The average Bonchev–Trinajstić information content (AvgIpc) is 2.98. The van der Waals surface area contributed by atoms with Gasteiger partial charge < -0.3 is 19.1 Å². The first-order valence-electron chi connectivity index (χ1n) is 8.16. The zero-order chi connectivity index (χ0) is 17.7. The van der Waals surface area contributed by atoms with Gasteiger partial charge in [-0.3, -0.25) is 9.59 Å². The largest absolute Gasteiger partial charge is 0.444 e. The molecule has 1 aromatic heterocycles. The molecule has 1 aliphatic rings. The topological polar surface area (TPSA) is 71.8 Å². The number of carbonyl (C=O) groups is 3. The molecular formula is C17H25N3O4. The van der Waals surface area contributed by atoms with Gasteiger partial charge in [-0.25, -0.2) is 4.79 Å². The number of nitrogens with zero attached hydrogens (tertiary/aromatic N) is 3. The van der Waals surface area contributed by atoms with Crippen molar-refractivity contribution >= 4 is 18.3 Å². The van der Waals surface area contributed by atoms with Gasteiger partial charge in [0, 0.05) is 45.3 Å². The summed E-state index contributed by atoms with van der Waals surface area (Å²) in [6.45, 7) is 7.94. The molecule has 132 valence electrons. The Morgan fingerprint density at radius 2 is 1.79 bits per heavy atom. The van der Waals surface area contributed by atoms with Crippen LogP contribution in [0, 0.1) is 0 Å². The molecule has 1 aliphatic heterocycles. The quantitative estimate of drug-likeness (QED) is 0.786. The van der Waals surface area contributed by atoms with Crippen molar-refractivity contribution < 1.29 is 19.1 Å². The summed E-state index contributed by atoms with van der Waals surface area (Å²) in [6.07, 6.45) is 2.57. The third-order valence-electron chi connectivity index (χ3n) is 3.84. The van der Waals surface area contributed by atoms with E-state index in [1.165, 1.54) is 0 Å². The van der Waals surface area contributed by atoms with Crippen LogP contribution in [-0.2, 0) is 16.1 Å². The molecule has 0 aliphatic carbocycles. The number of hydrogen-bond acceptors (Lipinski definition) is 4. The van der Waals surface area contributed by atoms with Gasteiger partial charge in [0.2, 0.25) is 5.91 Å². The fraction of sp³-hybridized carbons (Fsp3) is 0.588. The molecule has 0 atom stereocenters. The highest BCUT2D eigenvalue weighted by molar-refractivity contribution is 5.77. The highest BCUT2D eigenvalue weighted by atomic mass is 16.6. The SMILES string of the molecule is CC(C)(C)OC(=O)N1CCN(C(=O)CCn2cccc2C=O)CC1. The Morgan fingerprint density at radius 1 is 1.17 bits per heavy atom. The van der Waals surface area contributed by atoms with Crippen molar-refractivity contribution in [3.8, 4) is 0 Å². The Labute approximate surface area is 142 Å². The number of amides is 2. The maximum absolute atomic E-state index is 12.3. The molecule has 1 fully saturated rings. The highest BCUT2D eigenvalue weighted by Crippen LogP contribution is 2.12. The zero-order valence-corrected chi connectivity index (χ0v) is 14.5. The van der Waals surface area contributed by atoms with E-state index in [2.05, 4.69) is 0 Å². The standard InChI is InChI=1S/C17H25N3O4/c1-17(2,3)24-16(23)20-11-9-19(10-12-20)15(22)6-8-18-7-4-5-14(18)13-21/h4-5,7,13H,6,8-12H2,1-3H3. The molecule has 1 saturated heterocycles. The molecular weight excluding hydrogens is 310 g/mol. The minimum Gasteiger partial charge on any atom is -0.444 e. The first kappa shape index (κ1) is 18.0. The second kappa shape index (κ2) is 7.51. The second-order valence-corrected chi connectivity index (χ2v) is 6.84. The molecule has 0 saturated carbocycles. The van der Waals surface area contributed by atoms with Crippen LogP contribution in [0.25, 0.3) is 0 Å². The summed E-state index contributed by atoms with van der Waals surface area (Å²) < 4.78 is 7.11. The Hall–Kier alpha value is -2.31. The van der Waals surface area contributed by atoms with Crippen LogP contribution < -0.4 is 0 Å². The number of rotatable bonds is 4. The molecule has 7 heteroatoms. The maximum Gasteiger partial charge on any atom is 0.410 e. The van der Waals surface area contributed by atoms with Crippen molar-refractivity contribution in [2.45, 2.75) is 39.3 Å². The monoisotopic (exact) mass is 335 g/mol. The van der Waals surface area contributed by atoms with Gasteiger partial charge >= 0.3 is 6.09 Å². The lowest BCUT2D eigenvalue weighted by Crippen LogP contribution is -2.51. The van der Waals surface area contributed by atoms with Gasteiger partial charge in [-0.1, -0.05) is 0 Å². The molecule has 2 heterocycles. The van der Waals surface area contributed by atoms with Gasteiger partial charge in [0.05, 0.1) is 5.69 Å². The van der Waals surface area contributed by atoms with Gasteiger partial charge in [0.15, 0.2) is 6.29 Å². The van der Waals surface area contributed by atoms with E-state index in [0.717, 1.165) is 6.29 Å². The normalized spacial score (nSPS) is 15.3. The van der Waals surface area contributed by atoms with Gasteiger partial charge in [0.1, 0.15) is 5.60 Å². The van der Waals surface area contributed by atoms with Gasteiger partial charge in [0.25, 0.3) is 0 Å². The summed E-state index contributed by atoms with van der Waals surface area (Å²) in [7, 11) is 0. The van der Waals surface area contributed by atoms with E-state index >= 15 is 0 Å². The average molecular weight is 335 g/mol. The number of aromatic nitrogens is 1. The Kier molecular flexibility index (Phi) is 5.64. The van der Waals surface area contributed by atoms with Crippen LogP contribution in [0.3, 0.4) is 0 Å². The number of aryl methyl sites for hydroxylation is 1. The van der Waals surface area contributed by atoms with Crippen molar-refractivity contribution in [2.75, 3.05) is 26.2 Å². The van der Waals surface area contributed by atoms with Crippen molar-refractivity contribution in [1.29, 1.82) is 0 Å². The summed E-state index contributed by atoms with van der Waals surface area (Å²) in [4.78, 5) is 38.5. The predicted molar refractivity (Wildman–Crippen MR) is 88.8 cm³/mol. The van der Waals surface area contributed by atoms with Crippen molar-refractivity contribution in [1.82, 2.24) is 14.4 Å². The molecule has 24 heavy (non-hydrogen) atoms. The molecule has 2 amide bonds. The van der Waals surface area contributed by atoms with E-state index < -0.39 is 5.60 Å². The second-order valence-electron chi connectivity index (χ2n) is 6.84. The molecule has 0 radical (unpaired) electrons. The molecule has 0 aromatic carbocycles. The maximum atomic E-state index is 12.3. The minimum absolute atomic E-state index is 0.0318. The molecule has 2 rings (SSSR count). The van der Waals surface area contributed by atoms with E-state index in [1.54, 1.807) is 32.7 Å². The molecule has 1 aromatic rings. The fourth-order valence-corrected chi connectivity index (χ4v) is 2.58. The third kappa shape index (κ3) is 4.84. The molecule has 0 N–H and O–H groups in total. The highest BCUT2D eigenvalue weighted by Gasteiger charge is 2.27. The van der Waals surface area contributed by atoms with E-state index in [9.17, 15) is 14.4 Å². The van der Waals surface area contributed by atoms with Crippen molar-refractivity contribution in [3.63, 3.8) is 0 Å². The Bertz CT molecular complexity index is 595. The molecule has 7 nitrogen and oxygen atoms in total. The summed E-state index contributed by atoms with van der Waals surface area (Å²) >= 11 is 0. The predicted octanol–water partition coefficient (Wildman–Crippen LogP) is 1.77. The first-order chi connectivity index (χ1) is 11.3. The van der Waals surface area contributed by atoms with Gasteiger partial charge in [-0.2, -0.15) is 0 Å². The molecule has 0 bridgehead atoms. The van der Waals surface area contributed by atoms with Gasteiger partial charge in [-0.05, 0) is 32.9 Å². The lowest BCUT2D eigenvalue weighted by molar-refractivity contribution is -0.133. The van der Waals surface area contributed by atoms with E-state index in [0.29, 0.717) is 44.8 Å². The van der Waals surface area contributed by atoms with Crippen LogP contribution in [0.5, 0.6) is 0 Å². The number of hydrogen-bond donors (Lipinski definition) is 0. The Balaban J connectivity index is 1.78. The number of piperazine rings is 1. The van der Waals surface area contributed by atoms with Crippen LogP contribution in [0.4, 0.5) is 4.79 Å². The number of ether oxygens (including phenoxy) is 1. The fourth-order valence-electron chi connectivity index (χ4n) is 2.58. The zero-order valence-electron chi connectivity index (χ0n) is 14.5. The van der Waals surface area contributed by atoms with E-state index in [-0.39, 0.29) is 12.0 Å². The molecule has 0 spiro atoms. The number of aldehydes is 1. The van der Waals surface area contributed by atoms with E-state index in [1.807, 2.05) is 20.8 Å². The third-order valence-corrected chi connectivity index (χ3v) is 3.84.